The number of allylic oxidation sites excluding steroid dienone is 1. The fourth-order valence-corrected chi connectivity index (χ4v) is 1.89. The molecule has 1 rings (SSSR count). The van der Waals surface area contributed by atoms with Crippen LogP contribution in [0.25, 0.3) is 0 Å². The largest absolute Gasteiger partial charge is 0.491 e. The standard InChI is InChI=1S/C19H30N2O3/c1-14(19(2,3)4)11-18(23)20-15-7-9-17(10-8-15)24-13-16(22)12-21(5)6/h7-11,16,22H,12-13H2,1-6H3,(H,20,23)/b14-11-. The van der Waals surface area contributed by atoms with Gasteiger partial charge in [-0.25, -0.2) is 0 Å². The lowest BCUT2D eigenvalue weighted by molar-refractivity contribution is -0.112. The van der Waals surface area contributed by atoms with Gasteiger partial charge in [-0.3, -0.25) is 4.79 Å². The maximum absolute atomic E-state index is 12.0. The van der Waals surface area contributed by atoms with Gasteiger partial charge in [0.15, 0.2) is 0 Å². The van der Waals surface area contributed by atoms with Crippen LogP contribution in [-0.4, -0.2) is 49.3 Å². The van der Waals surface area contributed by atoms with Crippen molar-refractivity contribution in [1.29, 1.82) is 0 Å². The lowest BCUT2D eigenvalue weighted by Crippen LogP contribution is -2.30. The number of aliphatic hydroxyl groups excluding tert-OH is 1. The van der Waals surface area contributed by atoms with Gasteiger partial charge in [-0.1, -0.05) is 26.3 Å². The van der Waals surface area contributed by atoms with Gasteiger partial charge in [-0.05, 0) is 50.7 Å². The SMILES string of the molecule is C/C(=C/C(=O)Nc1ccc(OCC(O)CN(C)C)cc1)C(C)(C)C. The Labute approximate surface area is 145 Å². The average Bonchev–Trinajstić information content (AvgIpc) is 2.44. The molecule has 1 aromatic carbocycles. The van der Waals surface area contributed by atoms with Gasteiger partial charge in [0, 0.05) is 18.3 Å². The summed E-state index contributed by atoms with van der Waals surface area (Å²) in [5, 5.41) is 12.6. The molecule has 0 spiro atoms. The smallest absolute Gasteiger partial charge is 0.248 e. The molecule has 0 aliphatic rings. The van der Waals surface area contributed by atoms with Crippen molar-refractivity contribution in [2.45, 2.75) is 33.8 Å². The maximum atomic E-state index is 12.0. The molecular weight excluding hydrogens is 304 g/mol. The summed E-state index contributed by atoms with van der Waals surface area (Å²) in [6.45, 7) is 8.95. The Morgan fingerprint density at radius 2 is 1.88 bits per heavy atom. The number of aliphatic hydroxyl groups is 1. The first-order valence-electron chi connectivity index (χ1n) is 8.13. The molecule has 0 saturated heterocycles. The highest BCUT2D eigenvalue weighted by Gasteiger charge is 2.13. The highest BCUT2D eigenvalue weighted by atomic mass is 16.5. The molecule has 1 atom stereocenters. The Kier molecular flexibility index (Phi) is 7.45. The number of rotatable bonds is 7. The van der Waals surface area contributed by atoms with E-state index in [-0.39, 0.29) is 17.9 Å². The fraction of sp³-hybridized carbons (Fsp3) is 0.526. The molecule has 5 nitrogen and oxygen atoms in total. The van der Waals surface area contributed by atoms with E-state index < -0.39 is 6.10 Å². The van der Waals surface area contributed by atoms with E-state index in [0.717, 1.165) is 5.57 Å². The van der Waals surface area contributed by atoms with Crippen molar-refractivity contribution < 1.29 is 14.6 Å². The van der Waals surface area contributed by atoms with Crippen LogP contribution in [0.4, 0.5) is 5.69 Å². The van der Waals surface area contributed by atoms with Gasteiger partial charge in [0.05, 0.1) is 0 Å². The first kappa shape index (κ1) is 20.2. The number of hydrogen-bond acceptors (Lipinski definition) is 4. The lowest BCUT2D eigenvalue weighted by atomic mass is 9.87. The van der Waals surface area contributed by atoms with E-state index in [1.54, 1.807) is 30.3 Å². The molecule has 0 bridgehead atoms. The average molecular weight is 334 g/mol. The lowest BCUT2D eigenvalue weighted by Gasteiger charge is -2.19. The zero-order valence-electron chi connectivity index (χ0n) is 15.6. The maximum Gasteiger partial charge on any atom is 0.248 e. The third-order valence-electron chi connectivity index (χ3n) is 3.67. The molecule has 0 fully saturated rings. The zero-order chi connectivity index (χ0) is 18.3. The summed E-state index contributed by atoms with van der Waals surface area (Å²) in [5.74, 6) is 0.518. The molecule has 1 aromatic rings. The molecule has 134 valence electrons. The summed E-state index contributed by atoms with van der Waals surface area (Å²) in [5.41, 5.74) is 1.71. The van der Waals surface area contributed by atoms with Gasteiger partial charge >= 0.3 is 0 Å². The predicted octanol–water partition coefficient (Wildman–Crippen LogP) is 2.92. The van der Waals surface area contributed by atoms with Crippen LogP contribution in [0.15, 0.2) is 35.9 Å². The Balaban J connectivity index is 2.54. The molecule has 0 saturated carbocycles. The van der Waals surface area contributed by atoms with Crippen molar-refractivity contribution in [3.8, 4) is 5.75 Å². The number of likely N-dealkylation sites (N-methyl/N-ethyl adjacent to an activating group) is 1. The van der Waals surface area contributed by atoms with Crippen LogP contribution in [0.5, 0.6) is 5.75 Å². The molecular formula is C19H30N2O3. The van der Waals surface area contributed by atoms with Crippen LogP contribution in [0.1, 0.15) is 27.7 Å². The minimum Gasteiger partial charge on any atom is -0.491 e. The Bertz CT molecular complexity index is 557. The number of nitrogens with zero attached hydrogens (tertiary/aromatic N) is 1. The number of ether oxygens (including phenoxy) is 1. The highest BCUT2D eigenvalue weighted by Crippen LogP contribution is 2.24. The van der Waals surface area contributed by atoms with E-state index in [0.29, 0.717) is 18.0 Å². The first-order chi connectivity index (χ1) is 11.1. The van der Waals surface area contributed by atoms with E-state index in [1.807, 2.05) is 25.9 Å². The number of carbonyl (C=O) groups excluding carboxylic acids is 1. The molecule has 5 heteroatoms. The summed E-state index contributed by atoms with van der Waals surface area (Å²) in [6, 6.07) is 7.12. The van der Waals surface area contributed by atoms with Crippen LogP contribution < -0.4 is 10.1 Å². The van der Waals surface area contributed by atoms with Crippen LogP contribution in [0.2, 0.25) is 0 Å². The van der Waals surface area contributed by atoms with Crippen molar-refractivity contribution in [3.63, 3.8) is 0 Å². The minimum atomic E-state index is -0.537. The number of carbonyl (C=O) groups is 1. The van der Waals surface area contributed by atoms with E-state index in [9.17, 15) is 9.90 Å². The monoisotopic (exact) mass is 334 g/mol. The van der Waals surface area contributed by atoms with E-state index >= 15 is 0 Å². The topological polar surface area (TPSA) is 61.8 Å². The third-order valence-corrected chi connectivity index (χ3v) is 3.67. The Morgan fingerprint density at radius 3 is 2.38 bits per heavy atom. The van der Waals surface area contributed by atoms with Crippen LogP contribution >= 0.6 is 0 Å². The van der Waals surface area contributed by atoms with Crippen molar-refractivity contribution in [3.05, 3.63) is 35.9 Å². The second-order valence-electron chi connectivity index (χ2n) is 7.32. The number of anilines is 1. The second kappa shape index (κ2) is 8.85. The predicted molar refractivity (Wildman–Crippen MR) is 98.3 cm³/mol. The van der Waals surface area contributed by atoms with Gasteiger partial charge in [0.25, 0.3) is 0 Å². The molecule has 24 heavy (non-hydrogen) atoms. The molecule has 0 radical (unpaired) electrons. The molecule has 0 aliphatic heterocycles. The van der Waals surface area contributed by atoms with Crippen molar-refractivity contribution in [2.24, 2.45) is 5.41 Å². The van der Waals surface area contributed by atoms with E-state index in [2.05, 4.69) is 26.1 Å². The first-order valence-corrected chi connectivity index (χ1v) is 8.13. The molecule has 0 aromatic heterocycles. The fourth-order valence-electron chi connectivity index (χ4n) is 1.89. The van der Waals surface area contributed by atoms with Gasteiger partial charge < -0.3 is 20.1 Å². The normalized spacial score (nSPS) is 13.8. The highest BCUT2D eigenvalue weighted by molar-refractivity contribution is 5.99. The second-order valence-corrected chi connectivity index (χ2v) is 7.32. The molecule has 0 heterocycles. The molecule has 1 amide bonds. The quantitative estimate of drug-likeness (QED) is 0.753. The van der Waals surface area contributed by atoms with Crippen LogP contribution in [0, 0.1) is 5.41 Å². The van der Waals surface area contributed by atoms with Gasteiger partial charge in [-0.15, -0.1) is 0 Å². The molecule has 0 aliphatic carbocycles. The Morgan fingerprint density at radius 1 is 1.29 bits per heavy atom. The number of benzene rings is 1. The molecule has 2 N–H and O–H groups in total. The Hall–Kier alpha value is -1.85. The summed E-state index contributed by atoms with van der Waals surface area (Å²) in [4.78, 5) is 13.9. The van der Waals surface area contributed by atoms with Crippen molar-refractivity contribution in [1.82, 2.24) is 4.90 Å². The number of hydrogen-bond donors (Lipinski definition) is 2. The summed E-state index contributed by atoms with van der Waals surface area (Å²) in [6.07, 6.45) is 1.09. The van der Waals surface area contributed by atoms with Crippen molar-refractivity contribution in [2.75, 3.05) is 32.6 Å². The molecule has 1 unspecified atom stereocenters. The van der Waals surface area contributed by atoms with Gasteiger partial charge in [-0.2, -0.15) is 0 Å². The summed E-state index contributed by atoms with van der Waals surface area (Å²) in [7, 11) is 3.80. The number of amides is 1. The minimum absolute atomic E-state index is 0.0254. The van der Waals surface area contributed by atoms with Crippen molar-refractivity contribution >= 4 is 11.6 Å². The van der Waals surface area contributed by atoms with E-state index in [4.69, 9.17) is 4.74 Å². The summed E-state index contributed by atoms with van der Waals surface area (Å²) < 4.78 is 5.54. The van der Waals surface area contributed by atoms with Gasteiger partial charge in [0.2, 0.25) is 5.91 Å². The van der Waals surface area contributed by atoms with Gasteiger partial charge in [0.1, 0.15) is 18.5 Å². The van der Waals surface area contributed by atoms with Crippen LogP contribution in [0.3, 0.4) is 0 Å². The van der Waals surface area contributed by atoms with E-state index in [1.165, 1.54) is 0 Å². The zero-order valence-corrected chi connectivity index (χ0v) is 15.6. The number of nitrogens with one attached hydrogen (secondary N) is 1. The van der Waals surface area contributed by atoms with Crippen LogP contribution in [-0.2, 0) is 4.79 Å². The third kappa shape index (κ3) is 7.62. The summed E-state index contributed by atoms with van der Waals surface area (Å²) >= 11 is 0.